The van der Waals surface area contributed by atoms with Gasteiger partial charge in [0.1, 0.15) is 5.82 Å². The normalized spacial score (nSPS) is 11.0. The standard InChI is InChI=1S/C18H25N5O3S/c1-13(2)12-22-16(20-21-18(22)27-3)9-6-10-19-17(24)11-14-7-4-5-8-15(14)23(25)26/h4-5,7-8,13H,6,9-12H2,1-3H3,(H,19,24). The Kier molecular flexibility index (Phi) is 7.78. The average molecular weight is 391 g/mol. The lowest BCUT2D eigenvalue weighted by Gasteiger charge is -2.11. The van der Waals surface area contributed by atoms with E-state index in [1.54, 1.807) is 30.0 Å². The van der Waals surface area contributed by atoms with Gasteiger partial charge in [0.15, 0.2) is 5.16 Å². The summed E-state index contributed by atoms with van der Waals surface area (Å²) in [5, 5.41) is 23.2. The number of carbonyl (C=O) groups excluding carboxylic acids is 1. The molecule has 0 radical (unpaired) electrons. The van der Waals surface area contributed by atoms with Crippen LogP contribution in [0.25, 0.3) is 0 Å². The Bertz CT molecular complexity index is 791. The first-order valence-corrected chi connectivity index (χ1v) is 10.1. The Labute approximate surface area is 162 Å². The maximum atomic E-state index is 12.1. The van der Waals surface area contributed by atoms with Gasteiger partial charge in [0.05, 0.1) is 11.3 Å². The molecule has 0 fully saturated rings. The van der Waals surface area contributed by atoms with Gasteiger partial charge >= 0.3 is 0 Å². The van der Waals surface area contributed by atoms with E-state index in [-0.39, 0.29) is 18.0 Å². The third-order valence-corrected chi connectivity index (χ3v) is 4.63. The molecule has 9 heteroatoms. The summed E-state index contributed by atoms with van der Waals surface area (Å²) in [7, 11) is 0. The molecule has 1 heterocycles. The van der Waals surface area contributed by atoms with Crippen LogP contribution in [0.1, 0.15) is 31.7 Å². The van der Waals surface area contributed by atoms with Gasteiger partial charge in [-0.15, -0.1) is 10.2 Å². The average Bonchev–Trinajstić information content (AvgIpc) is 3.00. The van der Waals surface area contributed by atoms with Gasteiger partial charge in [-0.2, -0.15) is 0 Å². The number of benzene rings is 1. The zero-order chi connectivity index (χ0) is 19.8. The summed E-state index contributed by atoms with van der Waals surface area (Å²) in [6, 6.07) is 6.31. The second-order valence-electron chi connectivity index (χ2n) is 6.62. The summed E-state index contributed by atoms with van der Waals surface area (Å²) in [6.07, 6.45) is 3.42. The minimum absolute atomic E-state index is 0.00267. The molecule has 0 saturated heterocycles. The molecule has 0 unspecified atom stereocenters. The monoisotopic (exact) mass is 391 g/mol. The van der Waals surface area contributed by atoms with Gasteiger partial charge in [-0.1, -0.05) is 43.8 Å². The van der Waals surface area contributed by atoms with Crippen molar-refractivity contribution in [3.8, 4) is 0 Å². The van der Waals surface area contributed by atoms with Crippen molar-refractivity contribution < 1.29 is 9.72 Å². The van der Waals surface area contributed by atoms with Crippen molar-refractivity contribution in [3.05, 3.63) is 45.8 Å². The van der Waals surface area contributed by atoms with E-state index in [2.05, 4.69) is 33.9 Å². The van der Waals surface area contributed by atoms with Crippen molar-refractivity contribution in [1.82, 2.24) is 20.1 Å². The third-order valence-electron chi connectivity index (χ3n) is 3.96. The lowest BCUT2D eigenvalue weighted by Crippen LogP contribution is -2.27. The molecule has 8 nitrogen and oxygen atoms in total. The number of rotatable bonds is 10. The number of nitro benzene ring substituents is 1. The van der Waals surface area contributed by atoms with Crippen LogP contribution < -0.4 is 5.32 Å². The summed E-state index contributed by atoms with van der Waals surface area (Å²) in [5.41, 5.74) is 0.389. The van der Waals surface area contributed by atoms with Crippen molar-refractivity contribution in [2.45, 2.75) is 44.8 Å². The van der Waals surface area contributed by atoms with Gasteiger partial charge in [-0.05, 0) is 18.6 Å². The summed E-state index contributed by atoms with van der Waals surface area (Å²) in [5.74, 6) is 1.19. The van der Waals surface area contributed by atoms with E-state index in [4.69, 9.17) is 0 Å². The molecule has 1 amide bonds. The zero-order valence-corrected chi connectivity index (χ0v) is 16.7. The Morgan fingerprint density at radius 3 is 2.74 bits per heavy atom. The fourth-order valence-corrected chi connectivity index (χ4v) is 3.27. The highest BCUT2D eigenvalue weighted by atomic mass is 32.2. The minimum atomic E-state index is -0.465. The lowest BCUT2D eigenvalue weighted by molar-refractivity contribution is -0.385. The van der Waals surface area contributed by atoms with Crippen LogP contribution in [0.3, 0.4) is 0 Å². The van der Waals surface area contributed by atoms with Gasteiger partial charge < -0.3 is 9.88 Å². The van der Waals surface area contributed by atoms with E-state index in [0.717, 1.165) is 23.9 Å². The Hall–Kier alpha value is -2.42. The molecule has 0 atom stereocenters. The largest absolute Gasteiger partial charge is 0.356 e. The van der Waals surface area contributed by atoms with Gasteiger partial charge in [0, 0.05) is 31.1 Å². The van der Waals surface area contributed by atoms with Crippen molar-refractivity contribution in [2.75, 3.05) is 12.8 Å². The first kappa shape index (κ1) is 20.9. The van der Waals surface area contributed by atoms with E-state index in [0.29, 0.717) is 24.4 Å². The summed E-state index contributed by atoms with van der Waals surface area (Å²) >= 11 is 1.57. The number of hydrogen-bond donors (Lipinski definition) is 1. The molecule has 1 aromatic heterocycles. The van der Waals surface area contributed by atoms with Gasteiger partial charge in [-0.25, -0.2) is 0 Å². The number of aryl methyl sites for hydroxylation is 1. The van der Waals surface area contributed by atoms with Crippen LogP contribution in [0.4, 0.5) is 5.69 Å². The first-order chi connectivity index (χ1) is 12.9. The number of nitrogens with one attached hydrogen (secondary N) is 1. The molecule has 0 aliphatic carbocycles. The second-order valence-corrected chi connectivity index (χ2v) is 7.40. The molecule has 27 heavy (non-hydrogen) atoms. The maximum Gasteiger partial charge on any atom is 0.273 e. The van der Waals surface area contributed by atoms with Crippen molar-refractivity contribution in [3.63, 3.8) is 0 Å². The number of nitro groups is 1. The second kappa shape index (κ2) is 10.1. The quantitative estimate of drug-likeness (QED) is 0.289. The van der Waals surface area contributed by atoms with Gasteiger partial charge in [0.2, 0.25) is 5.91 Å². The highest BCUT2D eigenvalue weighted by molar-refractivity contribution is 7.98. The van der Waals surface area contributed by atoms with Crippen LogP contribution in [0.15, 0.2) is 29.4 Å². The van der Waals surface area contributed by atoms with Crippen LogP contribution >= 0.6 is 11.8 Å². The fraction of sp³-hybridized carbons (Fsp3) is 0.500. The molecule has 2 aromatic rings. The third kappa shape index (κ3) is 6.06. The number of amides is 1. The molecule has 1 N–H and O–H groups in total. The molecule has 2 rings (SSSR count). The number of hydrogen-bond acceptors (Lipinski definition) is 6. The van der Waals surface area contributed by atoms with E-state index in [1.807, 2.05) is 6.26 Å². The number of thioether (sulfide) groups is 1. The maximum absolute atomic E-state index is 12.1. The SMILES string of the molecule is CSc1nnc(CCCNC(=O)Cc2ccccc2[N+](=O)[O-])n1CC(C)C. The van der Waals surface area contributed by atoms with Gasteiger partial charge in [0.25, 0.3) is 5.69 Å². The Morgan fingerprint density at radius 1 is 1.33 bits per heavy atom. The molecule has 0 aliphatic heterocycles. The molecule has 146 valence electrons. The molecule has 0 bridgehead atoms. The van der Waals surface area contributed by atoms with E-state index >= 15 is 0 Å². The summed E-state index contributed by atoms with van der Waals surface area (Å²) in [4.78, 5) is 22.6. The highest BCUT2D eigenvalue weighted by Crippen LogP contribution is 2.18. The summed E-state index contributed by atoms with van der Waals surface area (Å²) < 4.78 is 2.13. The van der Waals surface area contributed by atoms with E-state index < -0.39 is 4.92 Å². The van der Waals surface area contributed by atoms with Gasteiger partial charge in [-0.3, -0.25) is 14.9 Å². The molecule has 0 saturated carbocycles. The molecule has 0 spiro atoms. The molecular weight excluding hydrogens is 366 g/mol. The van der Waals surface area contributed by atoms with Crippen molar-refractivity contribution in [2.24, 2.45) is 5.92 Å². The predicted molar refractivity (Wildman–Crippen MR) is 105 cm³/mol. The number of para-hydroxylation sites is 1. The Morgan fingerprint density at radius 2 is 2.07 bits per heavy atom. The number of aromatic nitrogens is 3. The van der Waals surface area contributed by atoms with E-state index in [1.165, 1.54) is 6.07 Å². The predicted octanol–water partition coefficient (Wildman–Crippen LogP) is 2.86. The molecular formula is C18H25N5O3S. The number of nitrogens with zero attached hydrogens (tertiary/aromatic N) is 4. The smallest absolute Gasteiger partial charge is 0.273 e. The Balaban J connectivity index is 1.85. The molecule has 1 aromatic carbocycles. The fourth-order valence-electron chi connectivity index (χ4n) is 2.75. The topological polar surface area (TPSA) is 103 Å². The van der Waals surface area contributed by atoms with Crippen LogP contribution in [-0.4, -0.2) is 38.4 Å². The van der Waals surface area contributed by atoms with E-state index in [9.17, 15) is 14.9 Å². The van der Waals surface area contributed by atoms with Crippen LogP contribution in [-0.2, 0) is 24.2 Å². The first-order valence-electron chi connectivity index (χ1n) is 8.87. The molecule has 0 aliphatic rings. The van der Waals surface area contributed by atoms with Crippen LogP contribution in [0.2, 0.25) is 0 Å². The van der Waals surface area contributed by atoms with Crippen LogP contribution in [0.5, 0.6) is 0 Å². The van der Waals surface area contributed by atoms with Crippen molar-refractivity contribution in [1.29, 1.82) is 0 Å². The zero-order valence-electron chi connectivity index (χ0n) is 15.8. The lowest BCUT2D eigenvalue weighted by atomic mass is 10.1. The highest BCUT2D eigenvalue weighted by Gasteiger charge is 2.16. The number of carbonyl (C=O) groups is 1. The van der Waals surface area contributed by atoms with Crippen LogP contribution in [0, 0.1) is 16.0 Å². The minimum Gasteiger partial charge on any atom is -0.356 e. The van der Waals surface area contributed by atoms with Crippen molar-refractivity contribution >= 4 is 23.4 Å². The summed E-state index contributed by atoms with van der Waals surface area (Å²) in [6.45, 7) is 5.65.